The first kappa shape index (κ1) is 21.5. The van der Waals surface area contributed by atoms with Crippen LogP contribution in [0.4, 0.5) is 0 Å². The number of hydrogen-bond donors (Lipinski definition) is 0. The Balaban J connectivity index is 1.42. The highest BCUT2D eigenvalue weighted by atomic mass is 16.5. The van der Waals surface area contributed by atoms with E-state index in [2.05, 4.69) is 72.8 Å². The van der Waals surface area contributed by atoms with E-state index in [0.29, 0.717) is 13.0 Å². The van der Waals surface area contributed by atoms with Gasteiger partial charge in [0.05, 0.1) is 0 Å². The van der Waals surface area contributed by atoms with Gasteiger partial charge in [-0.25, -0.2) is 0 Å². The fourth-order valence-electron chi connectivity index (χ4n) is 5.13. The van der Waals surface area contributed by atoms with Crippen LogP contribution in [-0.4, -0.2) is 12.1 Å². The Labute approximate surface area is 195 Å². The molecule has 1 aliphatic carbocycles. The summed E-state index contributed by atoms with van der Waals surface area (Å²) in [4.78, 5) is 12.0. The second-order valence-corrected chi connectivity index (χ2v) is 8.93. The minimum Gasteiger partial charge on any atom is -0.489 e. The van der Waals surface area contributed by atoms with Gasteiger partial charge in [-0.2, -0.15) is 0 Å². The molecule has 0 aliphatic heterocycles. The van der Waals surface area contributed by atoms with Crippen LogP contribution in [0.3, 0.4) is 0 Å². The van der Waals surface area contributed by atoms with Crippen molar-refractivity contribution in [1.82, 2.24) is 0 Å². The average molecular weight is 439 g/mol. The Kier molecular flexibility index (Phi) is 6.30. The lowest BCUT2D eigenvalue weighted by Crippen LogP contribution is -2.28. The summed E-state index contributed by atoms with van der Waals surface area (Å²) in [5, 5.41) is 4.91. The summed E-state index contributed by atoms with van der Waals surface area (Å²) in [6.07, 6.45) is 4.64. The molecule has 2 atom stereocenters. The summed E-state index contributed by atoms with van der Waals surface area (Å²) in [6, 6.07) is 27.6. The summed E-state index contributed by atoms with van der Waals surface area (Å²) in [5.41, 5.74) is 2.41. The third-order valence-corrected chi connectivity index (χ3v) is 6.83. The second-order valence-electron chi connectivity index (χ2n) is 8.93. The molecule has 0 N–H and O–H groups in total. The van der Waals surface area contributed by atoms with Gasteiger partial charge in [-0.05, 0) is 64.6 Å². The molecule has 0 heterocycles. The van der Waals surface area contributed by atoms with E-state index in [4.69, 9.17) is 9.47 Å². The van der Waals surface area contributed by atoms with E-state index in [1.807, 2.05) is 13.0 Å². The van der Waals surface area contributed by atoms with Crippen LogP contribution in [-0.2, 0) is 16.1 Å². The van der Waals surface area contributed by atoms with E-state index < -0.39 is 0 Å². The van der Waals surface area contributed by atoms with Crippen LogP contribution in [0.2, 0.25) is 0 Å². The van der Waals surface area contributed by atoms with Crippen molar-refractivity contribution < 1.29 is 14.3 Å². The average Bonchev–Trinajstić information content (AvgIpc) is 2.87. The zero-order valence-corrected chi connectivity index (χ0v) is 19.1. The fourth-order valence-corrected chi connectivity index (χ4v) is 5.13. The molecule has 0 radical (unpaired) electrons. The largest absolute Gasteiger partial charge is 0.489 e. The van der Waals surface area contributed by atoms with Crippen molar-refractivity contribution in [3.8, 4) is 5.75 Å². The molecule has 0 amide bonds. The van der Waals surface area contributed by atoms with Crippen molar-refractivity contribution in [3.05, 3.63) is 90.0 Å². The van der Waals surface area contributed by atoms with Crippen molar-refractivity contribution in [3.63, 3.8) is 0 Å². The lowest BCUT2D eigenvalue weighted by molar-refractivity contribution is -0.151. The van der Waals surface area contributed by atoms with Crippen LogP contribution in [0.5, 0.6) is 5.75 Å². The van der Waals surface area contributed by atoms with Gasteiger partial charge in [-0.1, -0.05) is 74.0 Å². The predicted molar refractivity (Wildman–Crippen MR) is 134 cm³/mol. The number of fused-ring (bicyclic) bond motifs is 2. The molecule has 168 valence electrons. The fraction of sp³-hybridized carbons (Fsp3) is 0.300. The molecule has 0 spiro atoms. The Morgan fingerprint density at radius 2 is 1.55 bits per heavy atom. The maximum Gasteiger partial charge on any atom is 0.305 e. The van der Waals surface area contributed by atoms with Crippen LogP contribution in [0.15, 0.2) is 78.9 Å². The second kappa shape index (κ2) is 9.66. The predicted octanol–water partition coefficient (Wildman–Crippen LogP) is 7.55. The molecule has 1 saturated carbocycles. The molecular formula is C30H30O3. The molecule has 0 bridgehead atoms. The monoisotopic (exact) mass is 438 g/mol. The quantitative estimate of drug-likeness (QED) is 0.230. The van der Waals surface area contributed by atoms with E-state index in [-0.39, 0.29) is 18.0 Å². The number of ether oxygens (including phenoxy) is 2. The molecule has 4 aromatic rings. The van der Waals surface area contributed by atoms with Gasteiger partial charge >= 0.3 is 5.97 Å². The first-order valence-corrected chi connectivity index (χ1v) is 12.0. The van der Waals surface area contributed by atoms with Crippen molar-refractivity contribution in [2.45, 2.75) is 57.7 Å². The van der Waals surface area contributed by atoms with E-state index in [9.17, 15) is 4.79 Å². The Hall–Kier alpha value is -3.33. The molecule has 33 heavy (non-hydrogen) atoms. The topological polar surface area (TPSA) is 35.5 Å². The number of hydrogen-bond acceptors (Lipinski definition) is 3. The smallest absolute Gasteiger partial charge is 0.305 e. The minimum absolute atomic E-state index is 0.0385. The number of rotatable bonds is 6. The molecule has 1 fully saturated rings. The highest BCUT2D eigenvalue weighted by Gasteiger charge is 2.29. The van der Waals surface area contributed by atoms with E-state index in [1.54, 1.807) is 0 Å². The highest BCUT2D eigenvalue weighted by molar-refractivity contribution is 6.02. The zero-order valence-electron chi connectivity index (χ0n) is 19.1. The Bertz CT molecular complexity index is 1220. The van der Waals surface area contributed by atoms with Crippen LogP contribution in [0, 0.1) is 0 Å². The zero-order chi connectivity index (χ0) is 22.6. The molecule has 4 aromatic carbocycles. The molecule has 0 aromatic heterocycles. The maximum atomic E-state index is 12.0. The van der Waals surface area contributed by atoms with Crippen LogP contribution < -0.4 is 4.74 Å². The van der Waals surface area contributed by atoms with E-state index in [0.717, 1.165) is 31.4 Å². The summed E-state index contributed by atoms with van der Waals surface area (Å²) in [5.74, 6) is 0.981. The minimum atomic E-state index is -0.109. The number of carbonyl (C=O) groups is 1. The van der Waals surface area contributed by atoms with Crippen molar-refractivity contribution in [2.24, 2.45) is 0 Å². The van der Waals surface area contributed by atoms with Crippen LogP contribution in [0.25, 0.3) is 21.5 Å². The summed E-state index contributed by atoms with van der Waals surface area (Å²) in [6.45, 7) is 2.36. The summed E-state index contributed by atoms with van der Waals surface area (Å²) in [7, 11) is 0. The lowest BCUT2D eigenvalue weighted by Gasteiger charge is -2.31. The maximum absolute atomic E-state index is 12.0. The molecule has 3 heteroatoms. The van der Waals surface area contributed by atoms with Gasteiger partial charge in [0, 0.05) is 17.9 Å². The normalized spacial score (nSPS) is 18.3. The molecule has 0 saturated heterocycles. The van der Waals surface area contributed by atoms with Gasteiger partial charge in [-0.3, -0.25) is 4.79 Å². The molecular weight excluding hydrogens is 408 g/mol. The molecule has 3 nitrogen and oxygen atoms in total. The molecule has 2 unspecified atom stereocenters. The van der Waals surface area contributed by atoms with E-state index in [1.165, 1.54) is 32.7 Å². The SMILES string of the molecule is CCC(=O)OC1CCCCC1c1cccc(OCc2c3ccccc3cc3ccccc23)c1. The van der Waals surface area contributed by atoms with E-state index >= 15 is 0 Å². The Morgan fingerprint density at radius 3 is 2.27 bits per heavy atom. The van der Waals surface area contributed by atoms with Crippen LogP contribution >= 0.6 is 0 Å². The molecule has 5 rings (SSSR count). The number of esters is 1. The standard InChI is InChI=1S/C30H30O3/c1-2-30(31)33-29-17-8-7-16-27(29)23-12-9-13-24(19-23)32-20-28-25-14-5-3-10-21(25)18-22-11-4-6-15-26(22)28/h3-6,9-15,18-19,27,29H,2,7-8,16-17,20H2,1H3. The Morgan fingerprint density at radius 1 is 0.848 bits per heavy atom. The van der Waals surface area contributed by atoms with Gasteiger partial charge in [0.2, 0.25) is 0 Å². The van der Waals surface area contributed by atoms with Gasteiger partial charge in [0.1, 0.15) is 18.5 Å². The number of carbonyl (C=O) groups excluding carboxylic acids is 1. The van der Waals surface area contributed by atoms with Gasteiger partial charge in [-0.15, -0.1) is 0 Å². The third kappa shape index (κ3) is 4.59. The van der Waals surface area contributed by atoms with Crippen molar-refractivity contribution in [1.29, 1.82) is 0 Å². The third-order valence-electron chi connectivity index (χ3n) is 6.83. The van der Waals surface area contributed by atoms with Gasteiger partial charge in [0.15, 0.2) is 0 Å². The van der Waals surface area contributed by atoms with Crippen molar-refractivity contribution >= 4 is 27.5 Å². The first-order valence-electron chi connectivity index (χ1n) is 12.0. The lowest BCUT2D eigenvalue weighted by atomic mass is 9.81. The molecule has 1 aliphatic rings. The van der Waals surface area contributed by atoms with Crippen molar-refractivity contribution in [2.75, 3.05) is 0 Å². The first-order chi connectivity index (χ1) is 16.2. The van der Waals surface area contributed by atoms with Gasteiger partial charge in [0.25, 0.3) is 0 Å². The number of benzene rings is 4. The van der Waals surface area contributed by atoms with Gasteiger partial charge < -0.3 is 9.47 Å². The summed E-state index contributed by atoms with van der Waals surface area (Å²) < 4.78 is 12.2. The highest BCUT2D eigenvalue weighted by Crippen LogP contribution is 2.37. The van der Waals surface area contributed by atoms with Crippen LogP contribution in [0.1, 0.15) is 56.1 Å². The summed E-state index contributed by atoms with van der Waals surface area (Å²) >= 11 is 0.